The monoisotopic (exact) mass is 1350 g/mol. The molecule has 6 N–H and O–H groups in total. The Hall–Kier alpha value is 3.26. The first kappa shape index (κ1) is 51.4. The van der Waals surface area contributed by atoms with Crippen molar-refractivity contribution >= 4 is 112 Å². The Bertz CT molecular complexity index is 1560. The second kappa shape index (κ2) is 26.9. The van der Waals surface area contributed by atoms with E-state index in [1.807, 2.05) is 48.5 Å². The van der Waals surface area contributed by atoms with Crippen LogP contribution in [0.5, 0.6) is 11.5 Å². The van der Waals surface area contributed by atoms with Gasteiger partial charge in [0.15, 0.2) is 0 Å². The second-order valence-corrected chi connectivity index (χ2v) is 13.4. The van der Waals surface area contributed by atoms with Crippen molar-refractivity contribution in [2.24, 2.45) is 5.73 Å². The fourth-order valence-corrected chi connectivity index (χ4v) is 6.13. The Kier molecular flexibility index (Phi) is 30.1. The summed E-state index contributed by atoms with van der Waals surface area (Å²) in [7, 11) is 0. The molecule has 1 aliphatic rings. The number of anilines is 1. The summed E-state index contributed by atoms with van der Waals surface area (Å²) in [5, 5.41) is 38.7. The molecule has 242 valence electrons. The Morgan fingerprint density at radius 2 is 1.35 bits per heavy atom. The summed E-state index contributed by atoms with van der Waals surface area (Å²) in [5.41, 5.74) is 11.4. The molecule has 1 aliphatic heterocycles. The minimum atomic E-state index is -2.08. The van der Waals surface area contributed by atoms with Gasteiger partial charge < -0.3 is 36.3 Å². The van der Waals surface area contributed by atoms with Gasteiger partial charge in [-0.3, -0.25) is 0 Å². The molecule has 46 heavy (non-hydrogen) atoms. The fourth-order valence-electron chi connectivity index (χ4n) is 4.21. The topological polar surface area (TPSA) is 139 Å². The number of phenols is 2. The Labute approximate surface area is 449 Å². The maximum absolute atomic E-state index is 10.0. The number of benzene rings is 4. The first-order valence-electron chi connectivity index (χ1n) is 12.1. The van der Waals surface area contributed by atoms with E-state index in [1.54, 1.807) is 32.5 Å². The third kappa shape index (κ3) is 17.9. The number of aromatic hydroxyl groups is 2. The van der Waals surface area contributed by atoms with E-state index in [4.69, 9.17) is 20.7 Å². The van der Waals surface area contributed by atoms with Gasteiger partial charge in [0.2, 0.25) is 6.16 Å². The van der Waals surface area contributed by atoms with E-state index in [0.717, 1.165) is 51.2 Å². The molecule has 5 rings (SSSR count). The van der Waals surface area contributed by atoms with Gasteiger partial charge in [-0.15, -0.1) is 0 Å². The average Bonchev–Trinajstić information content (AvgIpc) is 3.34. The molecule has 0 amide bonds. The molecule has 0 unspecified atom stereocenters. The first-order valence-corrected chi connectivity index (χ1v) is 19.1. The van der Waals surface area contributed by atoms with Crippen LogP contribution in [-0.2, 0) is 25.6 Å². The molecule has 0 saturated carbocycles. The van der Waals surface area contributed by atoms with Crippen molar-refractivity contribution < 1.29 is 176 Å². The summed E-state index contributed by atoms with van der Waals surface area (Å²) >= 11 is 23.0. The van der Waals surface area contributed by atoms with Gasteiger partial charge in [0.05, 0.1) is 6.04 Å². The number of carboxylic acid groups (broad SMARTS) is 2. The van der Waals surface area contributed by atoms with E-state index >= 15 is 0 Å². The van der Waals surface area contributed by atoms with Gasteiger partial charge >= 0.3 is 171 Å². The van der Waals surface area contributed by atoms with Crippen molar-refractivity contribution in [2.45, 2.75) is 32.4 Å². The molecule has 4 aromatic rings. The van der Waals surface area contributed by atoms with Crippen LogP contribution in [0.1, 0.15) is 41.8 Å². The average molecular weight is 1350 g/mol. The molecule has 0 aromatic heterocycles. The number of rotatable bonds is 4. The van der Waals surface area contributed by atoms with Crippen LogP contribution in [0, 0.1) is 0 Å². The van der Waals surface area contributed by atoms with Crippen LogP contribution in [0.4, 0.5) is 10.5 Å². The van der Waals surface area contributed by atoms with Crippen LogP contribution in [0.2, 0.25) is 0 Å². The molecule has 7 nitrogen and oxygen atoms in total. The van der Waals surface area contributed by atoms with Crippen molar-refractivity contribution in [3.8, 4) is 11.5 Å². The van der Waals surface area contributed by atoms with E-state index in [1.165, 1.54) is 5.56 Å². The Morgan fingerprint density at radius 1 is 0.870 bits per heavy atom. The molecule has 1 heterocycles. The van der Waals surface area contributed by atoms with Gasteiger partial charge in [0.1, 0.15) is 11.5 Å². The zero-order valence-corrected chi connectivity index (χ0v) is 47.4. The molecule has 2 atom stereocenters. The van der Waals surface area contributed by atoms with E-state index in [2.05, 4.69) is 110 Å². The molecular weight excluding hydrogens is 1320 g/mol. The summed E-state index contributed by atoms with van der Waals surface area (Å²) in [6.45, 7) is 0. The minimum absolute atomic E-state index is 0. The number of phenolic OH excluding ortho intramolecular Hbond substituents is 2. The third-order valence-corrected chi connectivity index (χ3v) is 8.78. The van der Waals surface area contributed by atoms with Gasteiger partial charge in [-0.25, -0.2) is 0 Å². The van der Waals surface area contributed by atoms with Crippen LogP contribution in [-0.4, -0.2) is 21.5 Å². The van der Waals surface area contributed by atoms with Crippen LogP contribution in [0.3, 0.4) is 0 Å². The van der Waals surface area contributed by atoms with E-state index < -0.39 is 6.16 Å². The van der Waals surface area contributed by atoms with E-state index in [9.17, 15) is 10.2 Å². The zero-order valence-electron chi connectivity index (χ0n) is 23.8. The summed E-state index contributed by atoms with van der Waals surface area (Å²) in [5.74, 6) is 0.543. The molecule has 0 radical (unpaired) electrons. The number of nitrogens with two attached hydrogens (primary N) is 1. The van der Waals surface area contributed by atoms with Crippen LogP contribution < -0.4 is 154 Å². The van der Waals surface area contributed by atoms with Crippen molar-refractivity contribution in [3.63, 3.8) is 0 Å². The van der Waals surface area contributed by atoms with E-state index in [-0.39, 0.29) is 163 Å². The number of nitrogens with one attached hydrogen (secondary N) is 1. The quantitative estimate of drug-likeness (QED) is 0.154. The van der Waals surface area contributed by atoms with E-state index in [0.29, 0.717) is 12.2 Å². The predicted octanol–water partition coefficient (Wildman–Crippen LogP) is 3.96. The second-order valence-electron chi connectivity index (χ2n) is 8.92. The van der Waals surface area contributed by atoms with Crippen molar-refractivity contribution in [1.29, 1.82) is 0 Å². The molecule has 0 saturated heterocycles. The first-order chi connectivity index (χ1) is 20.3. The molecular formula is C30H28Br5Cs2CuIN2O5+. The van der Waals surface area contributed by atoms with Gasteiger partial charge in [-0.1, -0.05) is 99.2 Å². The van der Waals surface area contributed by atoms with Crippen molar-refractivity contribution in [2.75, 3.05) is 5.32 Å². The number of hydrogen-bond donors (Lipinski definition) is 5. The molecule has 0 bridgehead atoms. The van der Waals surface area contributed by atoms with Crippen LogP contribution in [0.25, 0.3) is 0 Å². The van der Waals surface area contributed by atoms with Crippen LogP contribution in [0.15, 0.2) is 95.2 Å². The molecule has 0 aliphatic carbocycles. The summed E-state index contributed by atoms with van der Waals surface area (Å²) < 4.78 is 4.84. The van der Waals surface area contributed by atoms with Crippen molar-refractivity contribution in [3.05, 3.63) is 117 Å². The van der Waals surface area contributed by atoms with Gasteiger partial charge in [0.25, 0.3) is 0 Å². The van der Waals surface area contributed by atoms with Gasteiger partial charge in [-0.2, -0.15) is 0 Å². The predicted molar refractivity (Wildman–Crippen MR) is 197 cm³/mol. The normalized spacial score (nSPS) is 12.6. The van der Waals surface area contributed by atoms with Crippen LogP contribution >= 0.6 is 100.0 Å². The number of carbonyl (C=O) groups is 1. The zero-order chi connectivity index (χ0) is 32.3. The fraction of sp³-hybridized carbons (Fsp3) is 0.167. The standard InChI is InChI=1S/C14H12Br3NO.C14H11Br2NO.CH2O3.CH4.2Cs.Cu.HI/c15-9-2-4-12(17)8(5-9)6-13(18)11-3-1-10(16)7-14(11)19;15-9-2-4-12-8(5-9)6-13(17-12)11-3-1-10(16)7-14(11)18;2-1(3)4;;;;;/h1-5,7,13,19H,6,18H2;1-5,7,13,17-18H,6H2;(H2,2,3,4);1H4;;;;1H/q;;;;3*+1;/p-2/t2*13-;;;;;;/m11....../s1. The number of halogens is 6. The molecule has 0 spiro atoms. The molecule has 4 aromatic carbocycles. The Morgan fingerprint density at radius 3 is 1.91 bits per heavy atom. The third-order valence-electron chi connectivity index (χ3n) is 6.03. The van der Waals surface area contributed by atoms with Gasteiger partial charge in [-0.05, 0) is 84.6 Å². The summed E-state index contributed by atoms with van der Waals surface area (Å²) in [6, 6.07) is 23.1. The van der Waals surface area contributed by atoms with Gasteiger partial charge in [0, 0.05) is 45.2 Å². The SMILES string of the molecule is C.N[C@H](Cc1cc(Br)ccc1Br)c1ccc(Br)cc1O.O=C([O-])O.Oc1cc(Br)ccc1[C@H]1Cc2cc(Br)ccc2N1.[Cs+].[Cs+].[Cu][I]. The molecule has 0 fully saturated rings. The Balaban J connectivity index is 0. The number of hydrogen-bond acceptors (Lipinski definition) is 6. The number of fused-ring (bicyclic) bond motifs is 1. The summed E-state index contributed by atoms with van der Waals surface area (Å²) in [4.78, 5) is 8.44. The molecule has 16 heteroatoms. The summed E-state index contributed by atoms with van der Waals surface area (Å²) in [6.07, 6.45) is -0.542. The maximum atomic E-state index is 10.0. The van der Waals surface area contributed by atoms with Crippen molar-refractivity contribution in [1.82, 2.24) is 0 Å².